The van der Waals surface area contributed by atoms with Crippen molar-refractivity contribution in [3.8, 4) is 0 Å². The summed E-state index contributed by atoms with van der Waals surface area (Å²) in [5, 5.41) is 16.9. The van der Waals surface area contributed by atoms with Gasteiger partial charge in [0.25, 0.3) is 0 Å². The van der Waals surface area contributed by atoms with Gasteiger partial charge in [0, 0.05) is 11.1 Å². The molecule has 0 saturated carbocycles. The second kappa shape index (κ2) is 8.37. The van der Waals surface area contributed by atoms with Crippen molar-refractivity contribution < 1.29 is 4.79 Å². The normalized spacial score (nSPS) is 11.3. The van der Waals surface area contributed by atoms with Crippen LogP contribution in [0.1, 0.15) is 27.0 Å². The van der Waals surface area contributed by atoms with Crippen molar-refractivity contribution in [1.82, 2.24) is 30.0 Å². The number of para-hydroxylation sites is 2. The minimum atomic E-state index is -0.00416. The van der Waals surface area contributed by atoms with Gasteiger partial charge in [-0.25, -0.2) is 9.36 Å². The van der Waals surface area contributed by atoms with Gasteiger partial charge in [0.05, 0.1) is 24.1 Å². The molecular formula is C27H20N6O. The molecule has 0 atom stereocenters. The zero-order valence-corrected chi connectivity index (χ0v) is 18.2. The van der Waals surface area contributed by atoms with Gasteiger partial charge in [0.15, 0.2) is 5.78 Å². The molecule has 34 heavy (non-hydrogen) atoms. The SMILES string of the molecule is O=C(c1ccc(Cn2nnc3ccccc32)cc1)c1ccc(Cn2nnc3ccccc32)cc1. The van der Waals surface area contributed by atoms with Gasteiger partial charge in [-0.15, -0.1) is 10.2 Å². The first-order valence-electron chi connectivity index (χ1n) is 11.0. The maximum Gasteiger partial charge on any atom is 0.193 e. The fourth-order valence-electron chi connectivity index (χ4n) is 4.10. The molecule has 7 nitrogen and oxygen atoms in total. The Kier molecular flexibility index (Phi) is 4.92. The van der Waals surface area contributed by atoms with Crippen molar-refractivity contribution >= 4 is 27.9 Å². The van der Waals surface area contributed by atoms with Crippen LogP contribution in [0.5, 0.6) is 0 Å². The fraction of sp³-hybridized carbons (Fsp3) is 0.0741. The lowest BCUT2D eigenvalue weighted by Gasteiger charge is -2.07. The third kappa shape index (κ3) is 3.73. The number of benzene rings is 4. The van der Waals surface area contributed by atoms with Crippen LogP contribution in [0, 0.1) is 0 Å². The van der Waals surface area contributed by atoms with Crippen molar-refractivity contribution in [2.45, 2.75) is 13.1 Å². The Morgan fingerprint density at radius 3 is 1.41 bits per heavy atom. The lowest BCUT2D eigenvalue weighted by atomic mass is 10.0. The summed E-state index contributed by atoms with van der Waals surface area (Å²) in [7, 11) is 0. The first kappa shape index (κ1) is 20.0. The Labute approximate surface area is 195 Å². The number of hydrogen-bond donors (Lipinski definition) is 0. The van der Waals surface area contributed by atoms with E-state index < -0.39 is 0 Å². The fourth-order valence-corrected chi connectivity index (χ4v) is 4.10. The van der Waals surface area contributed by atoms with E-state index in [1.807, 2.05) is 106 Å². The van der Waals surface area contributed by atoms with E-state index >= 15 is 0 Å². The van der Waals surface area contributed by atoms with Gasteiger partial charge in [-0.1, -0.05) is 83.2 Å². The van der Waals surface area contributed by atoms with Gasteiger partial charge in [0.2, 0.25) is 0 Å². The zero-order valence-electron chi connectivity index (χ0n) is 18.2. The summed E-state index contributed by atoms with van der Waals surface area (Å²) in [6.07, 6.45) is 0. The highest BCUT2D eigenvalue weighted by Gasteiger charge is 2.11. The Morgan fingerprint density at radius 1 is 0.559 bits per heavy atom. The summed E-state index contributed by atoms with van der Waals surface area (Å²) in [6.45, 7) is 1.20. The monoisotopic (exact) mass is 444 g/mol. The number of fused-ring (bicyclic) bond motifs is 2. The van der Waals surface area contributed by atoms with Crippen molar-refractivity contribution in [1.29, 1.82) is 0 Å². The summed E-state index contributed by atoms with van der Waals surface area (Å²) < 4.78 is 3.73. The standard InChI is InChI=1S/C27H20N6O/c34-27(21-13-9-19(10-14-21)17-32-25-7-3-1-5-23(25)28-30-32)22-15-11-20(12-16-22)18-33-26-8-4-2-6-24(26)29-31-33/h1-16H,17-18H2. The molecule has 0 unspecified atom stereocenters. The van der Waals surface area contributed by atoms with Crippen molar-refractivity contribution in [2.75, 3.05) is 0 Å². The van der Waals surface area contributed by atoms with Crippen LogP contribution >= 0.6 is 0 Å². The molecule has 6 rings (SSSR count). The molecule has 4 aromatic carbocycles. The highest BCUT2D eigenvalue weighted by Crippen LogP contribution is 2.17. The third-order valence-electron chi connectivity index (χ3n) is 5.94. The summed E-state index contributed by atoms with van der Waals surface area (Å²) >= 11 is 0. The minimum absolute atomic E-state index is 0.00416. The van der Waals surface area contributed by atoms with Crippen LogP contribution in [0.25, 0.3) is 22.1 Å². The lowest BCUT2D eigenvalue weighted by Crippen LogP contribution is -2.05. The van der Waals surface area contributed by atoms with Crippen molar-refractivity contribution in [3.63, 3.8) is 0 Å². The molecule has 0 fully saturated rings. The molecule has 0 amide bonds. The highest BCUT2D eigenvalue weighted by atomic mass is 16.1. The highest BCUT2D eigenvalue weighted by molar-refractivity contribution is 6.09. The maximum absolute atomic E-state index is 13.0. The van der Waals surface area contributed by atoms with E-state index in [2.05, 4.69) is 20.6 Å². The summed E-state index contributed by atoms with van der Waals surface area (Å²) in [5.74, 6) is -0.00416. The Morgan fingerprint density at radius 2 is 0.971 bits per heavy atom. The smallest absolute Gasteiger partial charge is 0.193 e. The molecule has 0 aliphatic rings. The first-order chi connectivity index (χ1) is 16.7. The molecule has 7 heteroatoms. The molecular weight excluding hydrogens is 424 g/mol. The second-order valence-electron chi connectivity index (χ2n) is 8.19. The van der Waals surface area contributed by atoms with Crippen LogP contribution in [0.15, 0.2) is 97.1 Å². The van der Waals surface area contributed by atoms with E-state index in [0.717, 1.165) is 33.2 Å². The maximum atomic E-state index is 13.0. The molecule has 0 bridgehead atoms. The molecule has 2 aromatic heterocycles. The summed E-state index contributed by atoms with van der Waals surface area (Å²) in [4.78, 5) is 13.0. The molecule has 0 aliphatic carbocycles. The predicted molar refractivity (Wildman–Crippen MR) is 130 cm³/mol. The van der Waals surface area contributed by atoms with Crippen molar-refractivity contribution in [2.24, 2.45) is 0 Å². The van der Waals surface area contributed by atoms with Gasteiger partial charge in [-0.05, 0) is 35.4 Å². The van der Waals surface area contributed by atoms with E-state index in [9.17, 15) is 4.79 Å². The van der Waals surface area contributed by atoms with E-state index in [1.54, 1.807) is 0 Å². The molecule has 0 aliphatic heterocycles. The number of rotatable bonds is 6. The van der Waals surface area contributed by atoms with Gasteiger partial charge >= 0.3 is 0 Å². The predicted octanol–water partition coefficient (Wildman–Crippen LogP) is 4.50. The van der Waals surface area contributed by atoms with Gasteiger partial charge in [0.1, 0.15) is 11.0 Å². The number of hydrogen-bond acceptors (Lipinski definition) is 5. The second-order valence-corrected chi connectivity index (χ2v) is 8.19. The molecule has 0 spiro atoms. The van der Waals surface area contributed by atoms with Crippen LogP contribution in [-0.2, 0) is 13.1 Å². The van der Waals surface area contributed by atoms with Gasteiger partial charge < -0.3 is 0 Å². The van der Waals surface area contributed by atoms with Crippen LogP contribution in [-0.4, -0.2) is 35.8 Å². The third-order valence-corrected chi connectivity index (χ3v) is 5.94. The minimum Gasteiger partial charge on any atom is -0.289 e. The van der Waals surface area contributed by atoms with Crippen LogP contribution in [0.3, 0.4) is 0 Å². The molecule has 164 valence electrons. The van der Waals surface area contributed by atoms with Crippen LogP contribution in [0.2, 0.25) is 0 Å². The molecule has 0 N–H and O–H groups in total. The van der Waals surface area contributed by atoms with E-state index in [1.165, 1.54) is 0 Å². The average Bonchev–Trinajstić information content (AvgIpc) is 3.49. The number of nitrogens with zero attached hydrogens (tertiary/aromatic N) is 6. The summed E-state index contributed by atoms with van der Waals surface area (Å²) in [5.41, 5.74) is 7.14. The van der Waals surface area contributed by atoms with E-state index in [4.69, 9.17) is 0 Å². The Bertz CT molecular complexity index is 1490. The average molecular weight is 444 g/mol. The Balaban J connectivity index is 1.16. The lowest BCUT2D eigenvalue weighted by molar-refractivity contribution is 0.103. The first-order valence-corrected chi connectivity index (χ1v) is 11.0. The van der Waals surface area contributed by atoms with E-state index in [0.29, 0.717) is 24.2 Å². The van der Waals surface area contributed by atoms with Crippen molar-refractivity contribution in [3.05, 3.63) is 119 Å². The van der Waals surface area contributed by atoms with Crippen LogP contribution < -0.4 is 0 Å². The van der Waals surface area contributed by atoms with Crippen LogP contribution in [0.4, 0.5) is 0 Å². The van der Waals surface area contributed by atoms with Gasteiger partial charge in [-0.3, -0.25) is 4.79 Å². The summed E-state index contributed by atoms with van der Waals surface area (Å²) in [6, 6.07) is 31.1. The number of carbonyl (C=O) groups excluding carboxylic acids is 1. The van der Waals surface area contributed by atoms with E-state index in [-0.39, 0.29) is 5.78 Å². The van der Waals surface area contributed by atoms with Gasteiger partial charge in [-0.2, -0.15) is 0 Å². The zero-order chi connectivity index (χ0) is 22.9. The molecule has 0 saturated heterocycles. The number of carbonyl (C=O) groups is 1. The Hall–Kier alpha value is -4.65. The number of ketones is 1. The largest absolute Gasteiger partial charge is 0.289 e. The topological polar surface area (TPSA) is 78.5 Å². The molecule has 2 heterocycles. The number of aromatic nitrogens is 6. The quantitative estimate of drug-likeness (QED) is 0.353. The molecule has 0 radical (unpaired) electrons. The molecule has 6 aromatic rings.